The number of ether oxygens (including phenoxy) is 4. The molecule has 0 spiro atoms. The third kappa shape index (κ3) is 13.1. The van der Waals surface area contributed by atoms with Crippen molar-refractivity contribution in [3.8, 4) is 5.75 Å². The van der Waals surface area contributed by atoms with Gasteiger partial charge < -0.3 is 45.9 Å². The summed E-state index contributed by atoms with van der Waals surface area (Å²) < 4.78 is 34.4. The molecule has 0 bridgehead atoms. The van der Waals surface area contributed by atoms with Gasteiger partial charge in [0.05, 0.1) is 58.1 Å². The first-order chi connectivity index (χ1) is 21.0. The zero-order valence-corrected chi connectivity index (χ0v) is 25.3. The largest absolute Gasteiger partial charge is 0.489 e. The second-order valence-electron chi connectivity index (χ2n) is 10.1. The number of thioether (sulfide) groups is 1. The quantitative estimate of drug-likeness (QED) is 0.0950. The first kappa shape index (κ1) is 34.6. The van der Waals surface area contributed by atoms with Gasteiger partial charge in [-0.1, -0.05) is 6.42 Å². The van der Waals surface area contributed by atoms with E-state index in [9.17, 15) is 18.8 Å². The van der Waals surface area contributed by atoms with E-state index in [0.717, 1.165) is 25.0 Å². The summed E-state index contributed by atoms with van der Waals surface area (Å²) in [7, 11) is 0. The summed E-state index contributed by atoms with van der Waals surface area (Å²) in [5.74, 6) is 1.25. The number of unbranched alkanes of at least 4 members (excludes halogenated alkanes) is 1. The van der Waals surface area contributed by atoms with E-state index >= 15 is 0 Å². The Hall–Kier alpha value is -2.91. The van der Waals surface area contributed by atoms with Crippen LogP contribution in [0.1, 0.15) is 36.0 Å². The minimum absolute atomic E-state index is 0.0228. The van der Waals surface area contributed by atoms with Crippen molar-refractivity contribution in [2.24, 2.45) is 5.73 Å². The van der Waals surface area contributed by atoms with E-state index in [0.29, 0.717) is 87.6 Å². The van der Waals surface area contributed by atoms with Crippen LogP contribution in [-0.4, -0.2) is 107 Å². The topological polar surface area (TPSA) is 162 Å². The van der Waals surface area contributed by atoms with Gasteiger partial charge in [-0.15, -0.1) is 0 Å². The highest BCUT2D eigenvalue weighted by molar-refractivity contribution is 8.00. The van der Waals surface area contributed by atoms with Crippen LogP contribution in [0.4, 0.5) is 9.18 Å². The molecule has 6 N–H and O–H groups in total. The molecule has 0 aromatic heterocycles. The van der Waals surface area contributed by atoms with Crippen LogP contribution in [0.2, 0.25) is 0 Å². The molecule has 14 heteroatoms. The lowest BCUT2D eigenvalue weighted by atomic mass is 10.0. The van der Waals surface area contributed by atoms with Crippen molar-refractivity contribution in [2.45, 2.75) is 43.0 Å². The van der Waals surface area contributed by atoms with Gasteiger partial charge in [0.15, 0.2) is 0 Å². The van der Waals surface area contributed by atoms with E-state index in [1.807, 2.05) is 11.8 Å². The highest BCUT2D eigenvalue weighted by Gasteiger charge is 2.42. The van der Waals surface area contributed by atoms with Gasteiger partial charge in [-0.25, -0.2) is 9.18 Å². The average molecular weight is 626 g/mol. The summed E-state index contributed by atoms with van der Waals surface area (Å²) in [6.07, 6.45) is 3.71. The molecule has 2 heterocycles. The number of halogens is 1. The van der Waals surface area contributed by atoms with Crippen LogP contribution < -0.4 is 31.7 Å². The first-order valence-electron chi connectivity index (χ1n) is 14.7. The maximum atomic E-state index is 12.5. The van der Waals surface area contributed by atoms with Crippen molar-refractivity contribution in [3.05, 3.63) is 41.7 Å². The number of hydrogen-bond donors (Lipinski definition) is 5. The van der Waals surface area contributed by atoms with Crippen LogP contribution in [-0.2, 0) is 19.0 Å². The van der Waals surface area contributed by atoms with Gasteiger partial charge in [0.1, 0.15) is 12.4 Å². The van der Waals surface area contributed by atoms with Crippen molar-refractivity contribution >= 4 is 29.6 Å². The number of carbonyl (C=O) groups is 3. The number of nitrogens with two attached hydrogens (primary N) is 1. The Morgan fingerprint density at radius 3 is 2.33 bits per heavy atom. The molecule has 2 saturated heterocycles. The molecule has 2 aliphatic heterocycles. The number of fused-ring (bicyclic) bond motifs is 1. The van der Waals surface area contributed by atoms with Crippen molar-refractivity contribution in [3.63, 3.8) is 0 Å². The van der Waals surface area contributed by atoms with Crippen molar-refractivity contribution in [1.82, 2.24) is 21.3 Å². The SMILES string of the molecule is NC/C(=C\F)COc1ccc(C(=O)NCCOCCOCCOCCNC(=O)CCCCC2SCC3NC(=O)NC32)cc1. The molecule has 2 aliphatic rings. The van der Waals surface area contributed by atoms with Gasteiger partial charge in [-0.3, -0.25) is 9.59 Å². The Morgan fingerprint density at radius 1 is 0.977 bits per heavy atom. The van der Waals surface area contributed by atoms with Crippen LogP contribution in [0.5, 0.6) is 5.75 Å². The second kappa shape index (κ2) is 20.1. The predicted molar refractivity (Wildman–Crippen MR) is 162 cm³/mol. The molecule has 0 aliphatic carbocycles. The molecule has 4 amide bonds. The molecule has 2 fully saturated rings. The number of benzene rings is 1. The molecule has 0 saturated carbocycles. The van der Waals surface area contributed by atoms with Crippen molar-refractivity contribution in [1.29, 1.82) is 0 Å². The summed E-state index contributed by atoms with van der Waals surface area (Å²) in [5.41, 5.74) is 6.21. The molecule has 3 unspecified atom stereocenters. The Labute approximate surface area is 256 Å². The molecule has 240 valence electrons. The smallest absolute Gasteiger partial charge is 0.315 e. The Balaban J connectivity index is 1.06. The Bertz CT molecular complexity index is 1030. The third-order valence-electron chi connectivity index (χ3n) is 6.88. The lowest BCUT2D eigenvalue weighted by Crippen LogP contribution is -2.36. The van der Waals surface area contributed by atoms with Gasteiger partial charge in [0, 0.05) is 48.2 Å². The zero-order valence-electron chi connectivity index (χ0n) is 24.4. The minimum atomic E-state index is -0.234. The fraction of sp³-hybridized carbons (Fsp3) is 0.621. The Morgan fingerprint density at radius 2 is 1.65 bits per heavy atom. The van der Waals surface area contributed by atoms with Crippen molar-refractivity contribution < 1.29 is 37.7 Å². The highest BCUT2D eigenvalue weighted by atomic mass is 32.2. The molecule has 3 rings (SSSR count). The van der Waals surface area contributed by atoms with Crippen molar-refractivity contribution in [2.75, 3.05) is 71.6 Å². The number of nitrogens with one attached hydrogen (secondary N) is 4. The molecule has 1 aromatic carbocycles. The van der Waals surface area contributed by atoms with Crippen LogP contribution in [0, 0.1) is 0 Å². The third-order valence-corrected chi connectivity index (χ3v) is 8.39. The van der Waals surface area contributed by atoms with Crippen LogP contribution in [0.15, 0.2) is 36.2 Å². The number of hydrogen-bond acceptors (Lipinski definition) is 9. The molecular formula is C29H44FN5O7S. The van der Waals surface area contributed by atoms with E-state index in [2.05, 4.69) is 21.3 Å². The monoisotopic (exact) mass is 625 g/mol. The summed E-state index contributed by atoms with van der Waals surface area (Å²) >= 11 is 1.89. The highest BCUT2D eigenvalue weighted by Crippen LogP contribution is 2.33. The van der Waals surface area contributed by atoms with E-state index < -0.39 is 0 Å². The van der Waals surface area contributed by atoms with Crippen LogP contribution in [0.3, 0.4) is 0 Å². The minimum Gasteiger partial charge on any atom is -0.489 e. The van der Waals surface area contributed by atoms with Gasteiger partial charge in [-0.2, -0.15) is 11.8 Å². The molecule has 43 heavy (non-hydrogen) atoms. The number of amides is 4. The van der Waals surface area contributed by atoms with Crippen LogP contribution in [0.25, 0.3) is 0 Å². The standard InChI is InChI=1S/C29H44FN5O7S/c30-17-21(18-31)19-42-23-7-5-22(6-8-23)28(37)33-10-12-40-14-16-41-15-13-39-11-9-32-26(36)4-2-1-3-25-27-24(20-43-25)34-29(38)35-27/h5-8,17,24-25,27H,1-4,9-16,18-20,31H2,(H,32,36)(H,33,37)(H2,34,35,38)/b21-17+. The fourth-order valence-corrected chi connectivity index (χ4v) is 6.06. The lowest BCUT2D eigenvalue weighted by molar-refractivity contribution is -0.121. The lowest BCUT2D eigenvalue weighted by Gasteiger charge is -2.16. The summed E-state index contributed by atoms with van der Waals surface area (Å²) in [6.45, 7) is 3.34. The molecule has 0 radical (unpaired) electrons. The fourth-order valence-electron chi connectivity index (χ4n) is 4.52. The summed E-state index contributed by atoms with van der Waals surface area (Å²) in [5, 5.41) is 12.0. The normalized spacial score (nSPS) is 19.4. The average Bonchev–Trinajstić information content (AvgIpc) is 3.57. The molecule has 12 nitrogen and oxygen atoms in total. The first-order valence-corrected chi connectivity index (χ1v) is 15.7. The van der Waals surface area contributed by atoms with Gasteiger partial charge in [0.2, 0.25) is 5.91 Å². The van der Waals surface area contributed by atoms with E-state index in [4.69, 9.17) is 24.7 Å². The van der Waals surface area contributed by atoms with E-state index in [1.54, 1.807) is 24.3 Å². The Kier molecular flexibility index (Phi) is 16.2. The maximum absolute atomic E-state index is 12.5. The summed E-state index contributed by atoms with van der Waals surface area (Å²) in [6, 6.07) is 6.91. The number of urea groups is 1. The van der Waals surface area contributed by atoms with Crippen LogP contribution >= 0.6 is 11.8 Å². The molecular weight excluding hydrogens is 581 g/mol. The predicted octanol–water partition coefficient (Wildman–Crippen LogP) is 1.50. The summed E-state index contributed by atoms with van der Waals surface area (Å²) in [4.78, 5) is 35.7. The van der Waals surface area contributed by atoms with E-state index in [-0.39, 0.29) is 43.1 Å². The van der Waals surface area contributed by atoms with E-state index in [1.165, 1.54) is 0 Å². The van der Waals surface area contributed by atoms with Gasteiger partial charge >= 0.3 is 6.03 Å². The van der Waals surface area contributed by atoms with Gasteiger partial charge in [0.25, 0.3) is 5.91 Å². The zero-order chi connectivity index (χ0) is 30.7. The molecule has 1 aromatic rings. The maximum Gasteiger partial charge on any atom is 0.315 e. The molecule has 3 atom stereocenters. The number of carbonyl (C=O) groups excluding carboxylic acids is 3. The van der Waals surface area contributed by atoms with Gasteiger partial charge in [-0.05, 0) is 37.1 Å². The second-order valence-corrected chi connectivity index (χ2v) is 11.4. The number of rotatable bonds is 22.